The maximum atomic E-state index is 12.7. The van der Waals surface area contributed by atoms with Crippen LogP contribution in [0.1, 0.15) is 26.4 Å². The molecule has 168 valence electrons. The van der Waals surface area contributed by atoms with Gasteiger partial charge in [0.25, 0.3) is 11.8 Å². The van der Waals surface area contributed by atoms with Gasteiger partial charge in [0, 0.05) is 10.9 Å². The SMILES string of the molecule is COc1cccc(C(=O)Nc2nc(-c3sc(NC(=O)c4ccccc4OC)nc3C)cs2)c1. The number of ether oxygens (including phenoxy) is 2. The Hall–Kier alpha value is -3.76. The molecule has 0 aliphatic carbocycles. The number of carbonyl (C=O) groups excluding carboxylic acids is 2. The zero-order valence-electron chi connectivity index (χ0n) is 18.0. The third-order valence-electron chi connectivity index (χ3n) is 4.66. The van der Waals surface area contributed by atoms with Gasteiger partial charge in [-0.2, -0.15) is 0 Å². The van der Waals surface area contributed by atoms with Crippen molar-refractivity contribution in [2.24, 2.45) is 0 Å². The molecule has 0 aliphatic heterocycles. The van der Waals surface area contributed by atoms with Crippen LogP contribution in [0, 0.1) is 6.92 Å². The lowest BCUT2D eigenvalue weighted by Crippen LogP contribution is -2.12. The Labute approximate surface area is 198 Å². The number of aromatic nitrogens is 2. The molecule has 0 radical (unpaired) electrons. The van der Waals surface area contributed by atoms with Crippen LogP contribution in [0.25, 0.3) is 10.6 Å². The molecule has 2 heterocycles. The Morgan fingerprint density at radius 3 is 2.48 bits per heavy atom. The highest BCUT2D eigenvalue weighted by Gasteiger charge is 2.18. The average Bonchev–Trinajstić information content (AvgIpc) is 3.44. The Kier molecular flexibility index (Phi) is 6.66. The fraction of sp³-hybridized carbons (Fsp3) is 0.130. The molecule has 2 N–H and O–H groups in total. The van der Waals surface area contributed by atoms with E-state index >= 15 is 0 Å². The van der Waals surface area contributed by atoms with Gasteiger partial charge in [-0.1, -0.05) is 29.5 Å². The largest absolute Gasteiger partial charge is 0.497 e. The number of carbonyl (C=O) groups is 2. The minimum atomic E-state index is -0.308. The van der Waals surface area contributed by atoms with Gasteiger partial charge >= 0.3 is 0 Å². The van der Waals surface area contributed by atoms with Crippen molar-refractivity contribution < 1.29 is 19.1 Å². The second kappa shape index (κ2) is 9.80. The number of rotatable bonds is 7. The molecule has 2 aromatic heterocycles. The van der Waals surface area contributed by atoms with E-state index in [9.17, 15) is 9.59 Å². The standard InChI is InChI=1S/C23H20N4O4S2/c1-13-19(33-23(24-13)27-21(29)16-9-4-5-10-18(16)31-3)17-12-32-22(25-17)26-20(28)14-7-6-8-15(11-14)30-2/h4-12H,1-3H3,(H,24,27,29)(H,25,26,28). The van der Waals surface area contributed by atoms with E-state index in [1.165, 1.54) is 29.8 Å². The topological polar surface area (TPSA) is 102 Å². The first-order valence-corrected chi connectivity index (χ1v) is 11.5. The van der Waals surface area contributed by atoms with E-state index < -0.39 is 0 Å². The van der Waals surface area contributed by atoms with Gasteiger partial charge in [0.1, 0.15) is 11.5 Å². The first kappa shape index (κ1) is 22.4. The quantitative estimate of drug-likeness (QED) is 0.382. The van der Waals surface area contributed by atoms with Gasteiger partial charge < -0.3 is 9.47 Å². The molecule has 0 bridgehead atoms. The molecule has 0 unspecified atom stereocenters. The fourth-order valence-corrected chi connectivity index (χ4v) is 4.75. The molecule has 0 atom stereocenters. The summed E-state index contributed by atoms with van der Waals surface area (Å²) in [6.07, 6.45) is 0. The zero-order chi connectivity index (χ0) is 23.4. The third-order valence-corrected chi connectivity index (χ3v) is 6.51. The van der Waals surface area contributed by atoms with Gasteiger partial charge in [-0.3, -0.25) is 20.2 Å². The molecule has 10 heteroatoms. The molecule has 8 nitrogen and oxygen atoms in total. The summed E-state index contributed by atoms with van der Waals surface area (Å²) in [5, 5.41) is 8.38. The normalized spacial score (nSPS) is 10.5. The highest BCUT2D eigenvalue weighted by molar-refractivity contribution is 7.20. The van der Waals surface area contributed by atoms with Crippen LogP contribution in [0.4, 0.5) is 10.3 Å². The van der Waals surface area contributed by atoms with Gasteiger partial charge in [0.2, 0.25) is 0 Å². The van der Waals surface area contributed by atoms with E-state index in [4.69, 9.17) is 9.47 Å². The second-order valence-corrected chi connectivity index (χ2v) is 8.67. The summed E-state index contributed by atoms with van der Waals surface area (Å²) >= 11 is 2.63. The number of anilines is 2. The van der Waals surface area contributed by atoms with Crippen molar-refractivity contribution in [2.45, 2.75) is 6.92 Å². The van der Waals surface area contributed by atoms with Crippen LogP contribution in [0.3, 0.4) is 0 Å². The molecule has 4 rings (SSSR count). The van der Waals surface area contributed by atoms with Gasteiger partial charge in [-0.25, -0.2) is 9.97 Å². The molecular weight excluding hydrogens is 460 g/mol. The number of hydrogen-bond acceptors (Lipinski definition) is 8. The van der Waals surface area contributed by atoms with Crippen LogP contribution < -0.4 is 20.1 Å². The second-order valence-electron chi connectivity index (χ2n) is 6.81. The predicted octanol–water partition coefficient (Wildman–Crippen LogP) is 5.10. The van der Waals surface area contributed by atoms with Crippen LogP contribution in [0.15, 0.2) is 53.9 Å². The van der Waals surface area contributed by atoms with E-state index in [0.29, 0.717) is 38.6 Å². The Balaban J connectivity index is 1.48. The van der Waals surface area contributed by atoms with Gasteiger partial charge in [0.05, 0.1) is 36.0 Å². The van der Waals surface area contributed by atoms with Crippen molar-refractivity contribution in [3.63, 3.8) is 0 Å². The summed E-state index contributed by atoms with van der Waals surface area (Å²) in [4.78, 5) is 35.0. The molecule has 33 heavy (non-hydrogen) atoms. The highest BCUT2D eigenvalue weighted by atomic mass is 32.1. The first-order chi connectivity index (χ1) is 16.0. The van der Waals surface area contributed by atoms with Crippen molar-refractivity contribution in [3.8, 4) is 22.1 Å². The van der Waals surface area contributed by atoms with E-state index in [1.807, 2.05) is 12.3 Å². The van der Waals surface area contributed by atoms with Gasteiger partial charge in [-0.05, 0) is 37.3 Å². The Morgan fingerprint density at radius 1 is 0.909 bits per heavy atom. The van der Waals surface area contributed by atoms with Crippen LogP contribution >= 0.6 is 22.7 Å². The van der Waals surface area contributed by atoms with E-state index in [2.05, 4.69) is 20.6 Å². The summed E-state index contributed by atoms with van der Waals surface area (Å²) in [6.45, 7) is 1.85. The lowest BCUT2D eigenvalue weighted by atomic mass is 10.2. The molecule has 2 aromatic carbocycles. The number of nitrogens with one attached hydrogen (secondary N) is 2. The van der Waals surface area contributed by atoms with Crippen molar-refractivity contribution in [1.82, 2.24) is 9.97 Å². The molecular formula is C23H20N4O4S2. The number of benzene rings is 2. The summed E-state index contributed by atoms with van der Waals surface area (Å²) in [5.41, 5.74) is 2.30. The van der Waals surface area contributed by atoms with Gasteiger partial charge in [0.15, 0.2) is 10.3 Å². The summed E-state index contributed by atoms with van der Waals surface area (Å²) < 4.78 is 10.4. The van der Waals surface area contributed by atoms with E-state index in [0.717, 1.165) is 10.6 Å². The molecule has 0 fully saturated rings. The summed E-state index contributed by atoms with van der Waals surface area (Å²) in [5.74, 6) is 0.503. The molecule has 0 aliphatic rings. The zero-order valence-corrected chi connectivity index (χ0v) is 19.7. The van der Waals surface area contributed by atoms with Crippen molar-refractivity contribution in [2.75, 3.05) is 24.9 Å². The number of aryl methyl sites for hydroxylation is 1. The molecule has 2 amide bonds. The summed E-state index contributed by atoms with van der Waals surface area (Å²) in [6, 6.07) is 13.9. The maximum Gasteiger partial charge on any atom is 0.261 e. The number of methoxy groups -OCH3 is 2. The third kappa shape index (κ3) is 5.02. The minimum Gasteiger partial charge on any atom is -0.497 e. The lowest BCUT2D eigenvalue weighted by Gasteiger charge is -2.06. The van der Waals surface area contributed by atoms with Crippen LogP contribution in [-0.4, -0.2) is 36.0 Å². The monoisotopic (exact) mass is 480 g/mol. The van der Waals surface area contributed by atoms with Crippen molar-refractivity contribution in [1.29, 1.82) is 0 Å². The smallest absolute Gasteiger partial charge is 0.261 e. The summed E-state index contributed by atoms with van der Waals surface area (Å²) in [7, 11) is 3.07. The van der Waals surface area contributed by atoms with E-state index in [1.54, 1.807) is 55.6 Å². The minimum absolute atomic E-state index is 0.277. The number of nitrogens with zero attached hydrogens (tertiary/aromatic N) is 2. The molecule has 0 saturated carbocycles. The lowest BCUT2D eigenvalue weighted by molar-refractivity contribution is 0.101. The van der Waals surface area contributed by atoms with E-state index in [-0.39, 0.29) is 11.8 Å². The fourth-order valence-electron chi connectivity index (χ4n) is 3.05. The average molecular weight is 481 g/mol. The Bertz CT molecular complexity index is 1320. The van der Waals surface area contributed by atoms with Crippen LogP contribution in [0.5, 0.6) is 11.5 Å². The van der Waals surface area contributed by atoms with Crippen molar-refractivity contribution in [3.05, 3.63) is 70.7 Å². The molecule has 0 saturated heterocycles. The number of amides is 2. The molecule has 4 aromatic rings. The molecule has 0 spiro atoms. The van der Waals surface area contributed by atoms with Gasteiger partial charge in [-0.15, -0.1) is 11.3 Å². The Morgan fingerprint density at radius 2 is 1.70 bits per heavy atom. The van der Waals surface area contributed by atoms with Crippen LogP contribution in [-0.2, 0) is 0 Å². The highest BCUT2D eigenvalue weighted by Crippen LogP contribution is 2.35. The maximum absolute atomic E-state index is 12.7. The first-order valence-electron chi connectivity index (χ1n) is 9.81. The predicted molar refractivity (Wildman–Crippen MR) is 130 cm³/mol. The van der Waals surface area contributed by atoms with Crippen molar-refractivity contribution >= 4 is 44.8 Å². The number of hydrogen-bond donors (Lipinski definition) is 2. The number of thiazole rings is 2. The van der Waals surface area contributed by atoms with Crippen LogP contribution in [0.2, 0.25) is 0 Å². The number of para-hydroxylation sites is 1.